The van der Waals surface area contributed by atoms with Crippen LogP contribution >= 0.6 is 22.9 Å². The molecular formula is C5H5ClF3NO3S2. The highest BCUT2D eigenvalue weighted by molar-refractivity contribution is 7.86. The van der Waals surface area contributed by atoms with Crippen molar-refractivity contribution in [1.29, 1.82) is 0 Å². The molecule has 0 N–H and O–H groups in total. The molecule has 0 aliphatic rings. The zero-order valence-electron chi connectivity index (χ0n) is 7.16. The third-order valence-corrected chi connectivity index (χ3v) is 2.85. The van der Waals surface area contributed by atoms with Crippen molar-refractivity contribution in [3.63, 3.8) is 0 Å². The smallest absolute Gasteiger partial charge is 0.485 e. The number of aromatic nitrogens is 1. The summed E-state index contributed by atoms with van der Waals surface area (Å²) in [6.07, 6.45) is 1.92. The van der Waals surface area contributed by atoms with Crippen LogP contribution in [0.2, 0.25) is 4.47 Å². The van der Waals surface area contributed by atoms with Crippen molar-refractivity contribution in [2.75, 3.05) is 0 Å². The van der Waals surface area contributed by atoms with Gasteiger partial charge in [-0.2, -0.15) is 17.7 Å². The number of aryl methyl sites for hydroxylation is 1. The summed E-state index contributed by atoms with van der Waals surface area (Å²) in [5, 5.41) is 1.95. The lowest BCUT2D eigenvalue weighted by Crippen LogP contribution is -2.24. The summed E-state index contributed by atoms with van der Waals surface area (Å²) in [6.45, 7) is 0. The molecule has 1 rings (SSSR count). The molecule has 0 atom stereocenters. The molecule has 15 heavy (non-hydrogen) atoms. The van der Waals surface area contributed by atoms with E-state index in [-0.39, 0.29) is 0 Å². The number of nitrogens with zero attached hydrogens (tertiary/aromatic N) is 1. The van der Waals surface area contributed by atoms with E-state index in [4.69, 9.17) is 24.6 Å². The molecule has 0 saturated carbocycles. The van der Waals surface area contributed by atoms with Gasteiger partial charge >= 0.3 is 9.98 Å². The minimum atomic E-state index is -6.09. The lowest BCUT2D eigenvalue weighted by Gasteiger charge is -2.08. The van der Waals surface area contributed by atoms with Gasteiger partial charge in [0.2, 0.25) is 0 Å². The van der Waals surface area contributed by atoms with Crippen molar-refractivity contribution in [2.45, 2.75) is 5.51 Å². The minimum absolute atomic E-state index is 0.819. The lowest BCUT2D eigenvalue weighted by atomic mass is 10.9. The Morgan fingerprint density at radius 2 is 1.93 bits per heavy atom. The average Bonchev–Trinajstić information content (AvgIpc) is 2.33. The van der Waals surface area contributed by atoms with Crippen molar-refractivity contribution >= 4 is 33.1 Å². The Balaban J connectivity index is 0.000000262. The molecule has 0 spiro atoms. The first-order chi connectivity index (χ1) is 6.55. The molecule has 0 bridgehead atoms. The summed E-state index contributed by atoms with van der Waals surface area (Å²) in [6, 6.07) is 0. The predicted molar refractivity (Wildman–Crippen MR) is 46.3 cm³/mol. The number of halogens is 4. The number of hydrogen-bond acceptors (Lipinski definition) is 4. The highest BCUT2D eigenvalue weighted by atomic mass is 35.5. The zero-order valence-corrected chi connectivity index (χ0v) is 9.54. The molecule has 0 radical (unpaired) electrons. The zero-order chi connectivity index (χ0) is 12.3. The lowest BCUT2D eigenvalue weighted by molar-refractivity contribution is -0.664. The van der Waals surface area contributed by atoms with E-state index in [9.17, 15) is 13.2 Å². The van der Waals surface area contributed by atoms with Gasteiger partial charge in [-0.15, -0.1) is 0 Å². The van der Waals surface area contributed by atoms with Crippen LogP contribution in [0, 0.1) is 0 Å². The van der Waals surface area contributed by atoms with E-state index in [1.807, 2.05) is 23.2 Å². The number of hydrogen-bond donors (Lipinski definition) is 0. The first-order valence-corrected chi connectivity index (χ1v) is 5.83. The van der Waals surface area contributed by atoms with Gasteiger partial charge in [0.1, 0.15) is 7.05 Å². The monoisotopic (exact) mass is 283 g/mol. The molecule has 1 aromatic rings. The molecule has 10 heteroatoms. The van der Waals surface area contributed by atoms with Gasteiger partial charge in [-0.3, -0.25) is 0 Å². The largest absolute Gasteiger partial charge is 0.741 e. The van der Waals surface area contributed by atoms with Crippen LogP contribution in [-0.2, 0) is 17.2 Å². The van der Waals surface area contributed by atoms with Crippen LogP contribution in [0.1, 0.15) is 0 Å². The van der Waals surface area contributed by atoms with Crippen LogP contribution in [0.15, 0.2) is 11.6 Å². The SMILES string of the molecule is C[n+]1ccsc1Cl.O=S(=O)([O-])C(F)(F)F. The Morgan fingerprint density at radius 1 is 1.53 bits per heavy atom. The van der Waals surface area contributed by atoms with Gasteiger partial charge in [0.05, 0.1) is 5.38 Å². The molecular weight excluding hydrogens is 279 g/mol. The molecule has 0 amide bonds. The van der Waals surface area contributed by atoms with Gasteiger partial charge in [-0.25, -0.2) is 8.42 Å². The second-order valence-corrected chi connectivity index (χ2v) is 5.01. The van der Waals surface area contributed by atoms with Crippen molar-refractivity contribution < 1.29 is 30.7 Å². The van der Waals surface area contributed by atoms with E-state index < -0.39 is 15.6 Å². The van der Waals surface area contributed by atoms with Crippen LogP contribution in [0.5, 0.6) is 0 Å². The summed E-state index contributed by atoms with van der Waals surface area (Å²) in [4.78, 5) is 0. The Bertz CT molecular complexity index is 397. The second-order valence-electron chi connectivity index (χ2n) is 2.17. The maximum atomic E-state index is 10.7. The van der Waals surface area contributed by atoms with Gasteiger partial charge in [0, 0.05) is 11.6 Å². The molecule has 0 unspecified atom stereocenters. The molecule has 1 aromatic heterocycles. The van der Waals surface area contributed by atoms with Crippen LogP contribution in [0.25, 0.3) is 0 Å². The van der Waals surface area contributed by atoms with Crippen LogP contribution in [0.3, 0.4) is 0 Å². The predicted octanol–water partition coefficient (Wildman–Crippen LogP) is 1.28. The summed E-state index contributed by atoms with van der Waals surface area (Å²) in [7, 11) is -4.17. The Morgan fingerprint density at radius 3 is 2.00 bits per heavy atom. The van der Waals surface area contributed by atoms with Crippen molar-refractivity contribution in [3.8, 4) is 0 Å². The van der Waals surface area contributed by atoms with Gasteiger partial charge in [-0.05, 0) is 0 Å². The highest BCUT2D eigenvalue weighted by Crippen LogP contribution is 2.20. The molecule has 88 valence electrons. The van der Waals surface area contributed by atoms with Crippen molar-refractivity contribution in [3.05, 3.63) is 16.0 Å². The molecule has 0 aliphatic heterocycles. The summed E-state index contributed by atoms with van der Waals surface area (Å²) in [5.41, 5.74) is -5.65. The van der Waals surface area contributed by atoms with Crippen LogP contribution in [0.4, 0.5) is 13.2 Å². The number of thiazole rings is 1. The molecule has 0 aromatic carbocycles. The molecule has 0 aliphatic carbocycles. The topological polar surface area (TPSA) is 61.1 Å². The standard InChI is InChI=1S/C4H5ClNS.CHF3O3S/c1-6-2-3-7-4(6)5;2-1(3,4)8(5,6)7/h2-3H,1H3;(H,5,6,7)/q+1;/p-1. The highest BCUT2D eigenvalue weighted by Gasteiger charge is 2.36. The molecule has 0 saturated heterocycles. The van der Waals surface area contributed by atoms with E-state index in [1.165, 1.54) is 11.3 Å². The van der Waals surface area contributed by atoms with Crippen LogP contribution < -0.4 is 4.57 Å². The molecule has 4 nitrogen and oxygen atoms in total. The Kier molecular flexibility index (Phi) is 4.97. The van der Waals surface area contributed by atoms with Gasteiger partial charge in [0.15, 0.2) is 16.3 Å². The summed E-state index contributed by atoms with van der Waals surface area (Å²) >= 11 is 7.14. The first-order valence-electron chi connectivity index (χ1n) is 3.16. The maximum Gasteiger partial charge on any atom is 0.485 e. The van der Waals surface area contributed by atoms with Crippen molar-refractivity contribution in [1.82, 2.24) is 0 Å². The number of alkyl halides is 3. The maximum absolute atomic E-state index is 10.7. The van der Waals surface area contributed by atoms with Gasteiger partial charge in [0.25, 0.3) is 0 Å². The van der Waals surface area contributed by atoms with E-state index >= 15 is 0 Å². The van der Waals surface area contributed by atoms with Gasteiger partial charge in [-0.1, -0.05) is 11.3 Å². The molecule has 1 heterocycles. The number of rotatable bonds is 0. The Labute approximate surface area is 92.7 Å². The fourth-order valence-corrected chi connectivity index (χ4v) is 1.11. The quantitative estimate of drug-likeness (QED) is 0.409. The van der Waals surface area contributed by atoms with Crippen LogP contribution in [-0.4, -0.2) is 18.5 Å². The molecule has 0 fully saturated rings. The summed E-state index contributed by atoms with van der Waals surface area (Å²) in [5.74, 6) is 0. The fourth-order valence-electron chi connectivity index (χ4n) is 0.320. The summed E-state index contributed by atoms with van der Waals surface area (Å²) < 4.78 is 61.6. The van der Waals surface area contributed by atoms with E-state index in [1.54, 1.807) is 0 Å². The van der Waals surface area contributed by atoms with Crippen molar-refractivity contribution in [2.24, 2.45) is 7.05 Å². The first kappa shape index (κ1) is 14.6. The fraction of sp³-hybridized carbons (Fsp3) is 0.400. The normalized spacial score (nSPS) is 11.9. The van der Waals surface area contributed by atoms with E-state index in [0.29, 0.717) is 0 Å². The average molecular weight is 284 g/mol. The van der Waals surface area contributed by atoms with Gasteiger partial charge < -0.3 is 4.55 Å². The second kappa shape index (κ2) is 5.10. The minimum Gasteiger partial charge on any atom is -0.741 e. The third kappa shape index (κ3) is 5.30. The van der Waals surface area contributed by atoms with E-state index in [0.717, 1.165) is 4.47 Å². The van der Waals surface area contributed by atoms with E-state index in [2.05, 4.69) is 0 Å². The Hall–Kier alpha value is -0.380. The third-order valence-electron chi connectivity index (χ3n) is 1.01.